The second-order valence-corrected chi connectivity index (χ2v) is 4.98. The Bertz CT molecular complexity index is 529. The van der Waals surface area contributed by atoms with E-state index in [2.05, 4.69) is 0 Å². The molecule has 0 aromatic heterocycles. The van der Waals surface area contributed by atoms with Crippen molar-refractivity contribution in [2.24, 2.45) is 5.41 Å². The van der Waals surface area contributed by atoms with Gasteiger partial charge in [0.1, 0.15) is 11.2 Å². The zero-order valence-corrected chi connectivity index (χ0v) is 11.9. The van der Waals surface area contributed by atoms with E-state index < -0.39 is 29.2 Å². The normalized spacial score (nSPS) is 10.9. The predicted octanol–water partition coefficient (Wildman–Crippen LogP) is 1.94. The van der Waals surface area contributed by atoms with Crippen LogP contribution in [-0.2, 0) is 25.6 Å². The second kappa shape index (κ2) is 6.37. The van der Waals surface area contributed by atoms with Gasteiger partial charge >= 0.3 is 0 Å². The van der Waals surface area contributed by atoms with Gasteiger partial charge in [0.25, 0.3) is 0 Å². The van der Waals surface area contributed by atoms with E-state index in [9.17, 15) is 19.2 Å². The van der Waals surface area contributed by atoms with E-state index in [0.29, 0.717) is 0 Å². The van der Waals surface area contributed by atoms with E-state index in [1.54, 1.807) is 24.3 Å². The summed E-state index contributed by atoms with van der Waals surface area (Å²) in [5.41, 5.74) is -1.03. The van der Waals surface area contributed by atoms with Gasteiger partial charge < -0.3 is 0 Å². The summed E-state index contributed by atoms with van der Waals surface area (Å²) in [4.78, 5) is 47.4. The summed E-state index contributed by atoms with van der Waals surface area (Å²) < 4.78 is 0. The Balaban J connectivity index is 3.25. The monoisotopic (exact) mass is 274 g/mol. The molecule has 1 rings (SSSR count). The fourth-order valence-electron chi connectivity index (χ4n) is 2.27. The van der Waals surface area contributed by atoms with Crippen LogP contribution in [0.15, 0.2) is 30.3 Å². The third-order valence-corrected chi connectivity index (χ3v) is 3.40. The zero-order valence-electron chi connectivity index (χ0n) is 11.9. The summed E-state index contributed by atoms with van der Waals surface area (Å²) in [5.74, 6) is -2.00. The lowest BCUT2D eigenvalue weighted by atomic mass is 9.70. The fraction of sp³-hybridized carbons (Fsp3) is 0.375. The number of ketones is 4. The highest BCUT2D eigenvalue weighted by molar-refractivity contribution is 6.25. The Morgan fingerprint density at radius 2 is 1.40 bits per heavy atom. The first-order chi connectivity index (χ1) is 9.30. The molecule has 1 aromatic rings. The summed E-state index contributed by atoms with van der Waals surface area (Å²) in [6.45, 7) is 3.72. The van der Waals surface area contributed by atoms with Crippen LogP contribution in [0.2, 0.25) is 0 Å². The number of benzene rings is 1. The lowest BCUT2D eigenvalue weighted by molar-refractivity contribution is -0.147. The van der Waals surface area contributed by atoms with Crippen LogP contribution < -0.4 is 0 Å². The molecule has 0 radical (unpaired) electrons. The van der Waals surface area contributed by atoms with Crippen LogP contribution in [-0.4, -0.2) is 23.1 Å². The molecule has 0 bridgehead atoms. The number of carbonyl (C=O) groups is 4. The van der Waals surface area contributed by atoms with Crippen LogP contribution in [0.3, 0.4) is 0 Å². The van der Waals surface area contributed by atoms with Gasteiger partial charge in [-0.1, -0.05) is 30.3 Å². The van der Waals surface area contributed by atoms with Gasteiger partial charge in [-0.2, -0.15) is 0 Å². The second-order valence-electron chi connectivity index (χ2n) is 4.98. The third-order valence-electron chi connectivity index (χ3n) is 3.40. The van der Waals surface area contributed by atoms with E-state index in [1.165, 1.54) is 20.8 Å². The molecule has 0 amide bonds. The molecule has 0 aliphatic rings. The average Bonchev–Trinajstić information content (AvgIpc) is 2.35. The zero-order chi connectivity index (χ0) is 15.3. The number of Topliss-reactive ketones (excluding diaryl/α,β-unsaturated/α-hetero) is 4. The highest BCUT2D eigenvalue weighted by Gasteiger charge is 2.47. The van der Waals surface area contributed by atoms with Crippen molar-refractivity contribution in [3.63, 3.8) is 0 Å². The molecule has 0 aliphatic carbocycles. The van der Waals surface area contributed by atoms with Gasteiger partial charge in [-0.25, -0.2) is 0 Å². The molecule has 0 fully saturated rings. The van der Waals surface area contributed by atoms with Crippen LogP contribution in [0.1, 0.15) is 32.8 Å². The predicted molar refractivity (Wildman–Crippen MR) is 74.2 cm³/mol. The molecule has 1 aromatic carbocycles. The first kappa shape index (κ1) is 16.0. The highest BCUT2D eigenvalue weighted by atomic mass is 16.2. The molecule has 4 heteroatoms. The maximum atomic E-state index is 12.3. The molecule has 0 saturated carbocycles. The third kappa shape index (κ3) is 3.26. The van der Waals surface area contributed by atoms with Gasteiger partial charge in [-0.15, -0.1) is 0 Å². The minimum absolute atomic E-state index is 0.00458. The summed E-state index contributed by atoms with van der Waals surface area (Å²) in [7, 11) is 0. The van der Waals surface area contributed by atoms with Crippen molar-refractivity contribution in [2.75, 3.05) is 0 Å². The van der Waals surface area contributed by atoms with Gasteiger partial charge in [-0.3, -0.25) is 19.2 Å². The Labute approximate surface area is 118 Å². The number of rotatable bonds is 7. The minimum atomic E-state index is -1.74. The Morgan fingerprint density at radius 1 is 0.900 bits per heavy atom. The van der Waals surface area contributed by atoms with E-state index >= 15 is 0 Å². The lowest BCUT2D eigenvalue weighted by Gasteiger charge is -2.27. The Morgan fingerprint density at radius 3 is 1.80 bits per heavy atom. The Hall–Kier alpha value is -2.10. The first-order valence-corrected chi connectivity index (χ1v) is 6.39. The smallest absolute Gasteiger partial charge is 0.161 e. The molecular weight excluding hydrogens is 256 g/mol. The van der Waals surface area contributed by atoms with Gasteiger partial charge in [0.15, 0.2) is 17.3 Å². The maximum absolute atomic E-state index is 12.3. The average molecular weight is 274 g/mol. The van der Waals surface area contributed by atoms with E-state index in [1.807, 2.05) is 6.07 Å². The standard InChI is InChI=1S/C16H18O4/c1-11(17)9-15(20)16(12(2)18,13(3)19)10-14-7-5-4-6-8-14/h4-8H,9-10H2,1-3H3. The number of hydrogen-bond donors (Lipinski definition) is 0. The van der Waals surface area contributed by atoms with Crippen molar-refractivity contribution in [3.8, 4) is 0 Å². The number of carbonyl (C=O) groups excluding carboxylic acids is 4. The van der Waals surface area contributed by atoms with Crippen LogP contribution >= 0.6 is 0 Å². The van der Waals surface area contributed by atoms with Gasteiger partial charge in [0, 0.05) is 0 Å². The van der Waals surface area contributed by atoms with E-state index in [-0.39, 0.29) is 12.2 Å². The molecular formula is C16H18O4. The molecule has 0 heterocycles. The summed E-state index contributed by atoms with van der Waals surface area (Å²) >= 11 is 0. The molecule has 106 valence electrons. The van der Waals surface area contributed by atoms with E-state index in [0.717, 1.165) is 5.56 Å². The van der Waals surface area contributed by atoms with Crippen LogP contribution in [0.25, 0.3) is 0 Å². The number of hydrogen-bond acceptors (Lipinski definition) is 4. The van der Waals surface area contributed by atoms with Crippen LogP contribution in [0, 0.1) is 5.41 Å². The molecule has 0 N–H and O–H groups in total. The van der Waals surface area contributed by atoms with Gasteiger partial charge in [-0.05, 0) is 32.8 Å². The van der Waals surface area contributed by atoms with Gasteiger partial charge in [0.05, 0.1) is 6.42 Å². The molecule has 20 heavy (non-hydrogen) atoms. The molecule has 0 spiro atoms. The summed E-state index contributed by atoms with van der Waals surface area (Å²) in [5, 5.41) is 0. The molecule has 0 atom stereocenters. The molecule has 4 nitrogen and oxygen atoms in total. The van der Waals surface area contributed by atoms with E-state index in [4.69, 9.17) is 0 Å². The molecule has 0 aliphatic heterocycles. The maximum Gasteiger partial charge on any atom is 0.161 e. The molecule has 0 unspecified atom stereocenters. The SMILES string of the molecule is CC(=O)CC(=O)C(Cc1ccccc1)(C(C)=O)C(C)=O. The van der Waals surface area contributed by atoms with Gasteiger partial charge in [0.2, 0.25) is 0 Å². The van der Waals surface area contributed by atoms with Crippen molar-refractivity contribution in [1.29, 1.82) is 0 Å². The highest BCUT2D eigenvalue weighted by Crippen LogP contribution is 2.29. The molecule has 0 saturated heterocycles. The lowest BCUT2D eigenvalue weighted by Crippen LogP contribution is -2.46. The van der Waals surface area contributed by atoms with Crippen molar-refractivity contribution in [2.45, 2.75) is 33.6 Å². The summed E-state index contributed by atoms with van der Waals surface area (Å²) in [6.07, 6.45) is -0.392. The fourth-order valence-corrected chi connectivity index (χ4v) is 2.27. The van der Waals surface area contributed by atoms with Crippen molar-refractivity contribution >= 4 is 23.1 Å². The minimum Gasteiger partial charge on any atom is -0.300 e. The topological polar surface area (TPSA) is 68.3 Å². The van der Waals surface area contributed by atoms with Crippen molar-refractivity contribution < 1.29 is 19.2 Å². The van der Waals surface area contributed by atoms with Crippen LogP contribution in [0.4, 0.5) is 0 Å². The van der Waals surface area contributed by atoms with Crippen molar-refractivity contribution in [1.82, 2.24) is 0 Å². The summed E-state index contributed by atoms with van der Waals surface area (Å²) in [6, 6.07) is 8.86. The van der Waals surface area contributed by atoms with Crippen molar-refractivity contribution in [3.05, 3.63) is 35.9 Å². The quantitative estimate of drug-likeness (QED) is 0.713. The first-order valence-electron chi connectivity index (χ1n) is 6.39. The largest absolute Gasteiger partial charge is 0.300 e. The van der Waals surface area contributed by atoms with Crippen LogP contribution in [0.5, 0.6) is 0 Å². The Kier molecular flexibility index (Phi) is 5.08.